The van der Waals surface area contributed by atoms with Crippen LogP contribution in [0.15, 0.2) is 6.07 Å². The van der Waals surface area contributed by atoms with Gasteiger partial charge in [0.25, 0.3) is 0 Å². The Kier molecular flexibility index (Phi) is 5.91. The molecule has 0 unspecified atom stereocenters. The summed E-state index contributed by atoms with van der Waals surface area (Å²) in [4.78, 5) is 26.1. The Morgan fingerprint density at radius 2 is 1.96 bits per heavy atom. The number of amides is 1. The van der Waals surface area contributed by atoms with E-state index in [0.29, 0.717) is 17.9 Å². The zero-order valence-electron chi connectivity index (χ0n) is 16.6. The summed E-state index contributed by atoms with van der Waals surface area (Å²) in [6, 6.07) is 2.74. The number of nitrogens with zero attached hydrogens (tertiary/aromatic N) is 4. The van der Waals surface area contributed by atoms with Crippen molar-refractivity contribution in [2.75, 3.05) is 37.6 Å². The van der Waals surface area contributed by atoms with Gasteiger partial charge in [0.1, 0.15) is 11.6 Å². The maximum atomic E-state index is 11.9. The highest BCUT2D eigenvalue weighted by Crippen LogP contribution is 2.30. The summed E-state index contributed by atoms with van der Waals surface area (Å²) < 4.78 is 0. The lowest BCUT2D eigenvalue weighted by atomic mass is 9.93. The summed E-state index contributed by atoms with van der Waals surface area (Å²) in [6.07, 6.45) is 8.85. The van der Waals surface area contributed by atoms with Crippen LogP contribution in [0.5, 0.6) is 0 Å². The molecule has 0 aliphatic carbocycles. The van der Waals surface area contributed by atoms with E-state index in [-0.39, 0.29) is 0 Å². The average Bonchev–Trinajstić information content (AvgIpc) is 3.11. The van der Waals surface area contributed by atoms with Gasteiger partial charge in [-0.05, 0) is 65.0 Å². The van der Waals surface area contributed by atoms with Gasteiger partial charge < -0.3 is 15.1 Å². The van der Waals surface area contributed by atoms with Crippen molar-refractivity contribution in [1.29, 1.82) is 0 Å². The van der Waals surface area contributed by atoms with Crippen LogP contribution >= 0.6 is 0 Å². The van der Waals surface area contributed by atoms with E-state index in [1.807, 2.05) is 6.92 Å². The predicted octanol–water partition coefficient (Wildman–Crippen LogP) is 2.62. The van der Waals surface area contributed by atoms with E-state index in [1.54, 1.807) is 0 Å². The zero-order valence-corrected chi connectivity index (χ0v) is 16.6. The highest BCUT2D eigenvalue weighted by Gasteiger charge is 2.28. The van der Waals surface area contributed by atoms with Gasteiger partial charge in [0, 0.05) is 49.8 Å². The van der Waals surface area contributed by atoms with Crippen molar-refractivity contribution in [3.05, 3.63) is 17.6 Å². The number of carbonyl (C=O) groups excluding carboxylic acids is 1. The first kappa shape index (κ1) is 18.7. The number of rotatable bonds is 5. The van der Waals surface area contributed by atoms with Crippen molar-refractivity contribution < 1.29 is 4.79 Å². The molecule has 6 nitrogen and oxygen atoms in total. The van der Waals surface area contributed by atoms with Gasteiger partial charge in [0.2, 0.25) is 5.91 Å². The third kappa shape index (κ3) is 4.42. The number of piperidine rings is 2. The highest BCUT2D eigenvalue weighted by molar-refractivity contribution is 5.78. The van der Waals surface area contributed by atoms with Crippen LogP contribution < -0.4 is 10.2 Å². The quantitative estimate of drug-likeness (QED) is 0.862. The minimum atomic E-state index is 0.337. The normalized spacial score (nSPS) is 24.6. The molecular weight excluding hydrogens is 338 g/mol. The van der Waals surface area contributed by atoms with E-state index in [4.69, 9.17) is 9.97 Å². The van der Waals surface area contributed by atoms with Gasteiger partial charge in [-0.2, -0.15) is 0 Å². The second kappa shape index (κ2) is 8.55. The Hall–Kier alpha value is -1.69. The zero-order chi connectivity index (χ0) is 18.6. The molecule has 0 spiro atoms. The van der Waals surface area contributed by atoms with Gasteiger partial charge in [0.05, 0.1) is 0 Å². The lowest BCUT2D eigenvalue weighted by molar-refractivity contribution is -0.127. The fourth-order valence-electron chi connectivity index (χ4n) is 4.90. The van der Waals surface area contributed by atoms with Gasteiger partial charge in [-0.1, -0.05) is 0 Å². The number of anilines is 1. The molecule has 1 atom stereocenters. The maximum absolute atomic E-state index is 11.9. The Balaban J connectivity index is 1.48. The predicted molar refractivity (Wildman–Crippen MR) is 107 cm³/mol. The molecule has 4 rings (SSSR count). The van der Waals surface area contributed by atoms with Crippen LogP contribution in [0.25, 0.3) is 0 Å². The number of hydrogen-bond acceptors (Lipinski definition) is 5. The smallest absolute Gasteiger partial charge is 0.222 e. The van der Waals surface area contributed by atoms with Gasteiger partial charge in [-0.15, -0.1) is 0 Å². The Labute approximate surface area is 162 Å². The largest absolute Gasteiger partial charge is 0.353 e. The van der Waals surface area contributed by atoms with E-state index < -0.39 is 0 Å². The minimum absolute atomic E-state index is 0.337. The summed E-state index contributed by atoms with van der Waals surface area (Å²) in [5.41, 5.74) is 1.22. The highest BCUT2D eigenvalue weighted by atomic mass is 16.2. The molecule has 27 heavy (non-hydrogen) atoms. The van der Waals surface area contributed by atoms with Gasteiger partial charge in [-0.3, -0.25) is 4.79 Å². The van der Waals surface area contributed by atoms with Gasteiger partial charge in [-0.25, -0.2) is 9.97 Å². The number of aryl methyl sites for hydroxylation is 1. The molecule has 0 aromatic carbocycles. The molecule has 3 aliphatic heterocycles. The Morgan fingerprint density at radius 3 is 2.74 bits per heavy atom. The van der Waals surface area contributed by atoms with Crippen LogP contribution in [0.2, 0.25) is 0 Å². The lowest BCUT2D eigenvalue weighted by Crippen LogP contribution is -2.42. The van der Waals surface area contributed by atoms with Crippen LogP contribution in [-0.2, 0) is 4.79 Å². The summed E-state index contributed by atoms with van der Waals surface area (Å²) in [6.45, 7) is 7.10. The van der Waals surface area contributed by atoms with E-state index >= 15 is 0 Å². The van der Waals surface area contributed by atoms with Crippen LogP contribution in [0.3, 0.4) is 0 Å². The van der Waals surface area contributed by atoms with Crippen LogP contribution in [0.1, 0.15) is 68.8 Å². The minimum Gasteiger partial charge on any atom is -0.353 e. The molecule has 3 saturated heterocycles. The van der Waals surface area contributed by atoms with Crippen LogP contribution in [0.4, 0.5) is 5.82 Å². The molecule has 1 aromatic rings. The third-order valence-corrected chi connectivity index (χ3v) is 6.43. The Morgan fingerprint density at radius 1 is 1.11 bits per heavy atom. The fourth-order valence-corrected chi connectivity index (χ4v) is 4.90. The van der Waals surface area contributed by atoms with E-state index in [1.165, 1.54) is 25.0 Å². The second-order valence-electron chi connectivity index (χ2n) is 8.34. The maximum Gasteiger partial charge on any atom is 0.222 e. The molecule has 3 fully saturated rings. The summed E-state index contributed by atoms with van der Waals surface area (Å²) >= 11 is 0. The van der Waals surface area contributed by atoms with Crippen LogP contribution in [0, 0.1) is 6.92 Å². The summed E-state index contributed by atoms with van der Waals surface area (Å²) in [5.74, 6) is 2.88. The molecule has 1 aromatic heterocycles. The van der Waals surface area contributed by atoms with Gasteiger partial charge >= 0.3 is 0 Å². The molecule has 0 saturated carbocycles. The number of hydrogen-bond donors (Lipinski definition) is 1. The molecule has 6 heteroatoms. The topological polar surface area (TPSA) is 61.4 Å². The fraction of sp³-hybridized carbons (Fsp3) is 0.762. The van der Waals surface area contributed by atoms with Crippen molar-refractivity contribution in [2.45, 2.75) is 70.3 Å². The molecule has 0 bridgehead atoms. The standard InChI is InChI=1S/C21H33N5O/c1-16-23-19(17-7-10-22-11-8-17)15-20(24-16)26-13-3-2-5-18(26)9-14-25-12-4-6-21(25)27/h15,17-18,22H,2-14H2,1H3/t18-/m0/s1. The first-order chi connectivity index (χ1) is 13.2. The molecule has 4 heterocycles. The molecular formula is C21H33N5O. The number of likely N-dealkylation sites (tertiary alicyclic amines) is 1. The van der Waals surface area contributed by atoms with E-state index in [2.05, 4.69) is 21.2 Å². The molecule has 3 aliphatic rings. The van der Waals surface area contributed by atoms with Crippen molar-refractivity contribution in [2.24, 2.45) is 0 Å². The SMILES string of the molecule is Cc1nc(C2CCNCC2)cc(N2CCCC[C@H]2CCN2CCCC2=O)n1. The first-order valence-electron chi connectivity index (χ1n) is 10.8. The molecule has 1 N–H and O–H groups in total. The third-order valence-electron chi connectivity index (χ3n) is 6.43. The molecule has 0 radical (unpaired) electrons. The first-order valence-corrected chi connectivity index (χ1v) is 10.8. The monoisotopic (exact) mass is 371 g/mol. The molecule has 1 amide bonds. The van der Waals surface area contributed by atoms with E-state index in [9.17, 15) is 4.79 Å². The second-order valence-corrected chi connectivity index (χ2v) is 8.34. The lowest BCUT2D eigenvalue weighted by Gasteiger charge is -2.38. The number of carbonyl (C=O) groups is 1. The number of nitrogens with one attached hydrogen (secondary N) is 1. The van der Waals surface area contributed by atoms with Crippen molar-refractivity contribution in [3.63, 3.8) is 0 Å². The van der Waals surface area contributed by atoms with Crippen molar-refractivity contribution in [3.8, 4) is 0 Å². The Bertz CT molecular complexity index is 658. The van der Waals surface area contributed by atoms with Crippen molar-refractivity contribution >= 4 is 11.7 Å². The van der Waals surface area contributed by atoms with Crippen molar-refractivity contribution in [1.82, 2.24) is 20.2 Å². The summed E-state index contributed by atoms with van der Waals surface area (Å²) in [7, 11) is 0. The average molecular weight is 372 g/mol. The molecule has 148 valence electrons. The summed E-state index contributed by atoms with van der Waals surface area (Å²) in [5, 5.41) is 3.45. The van der Waals surface area contributed by atoms with Gasteiger partial charge in [0.15, 0.2) is 0 Å². The van der Waals surface area contributed by atoms with E-state index in [0.717, 1.165) is 76.5 Å². The number of aromatic nitrogens is 2. The van der Waals surface area contributed by atoms with Crippen LogP contribution in [-0.4, -0.2) is 59.5 Å².